The molecule has 1 fully saturated rings. The van der Waals surface area contributed by atoms with E-state index in [1.807, 2.05) is 6.92 Å². The van der Waals surface area contributed by atoms with Crippen molar-refractivity contribution in [1.82, 2.24) is 29.9 Å². The molecule has 2 N–H and O–H groups in total. The first kappa shape index (κ1) is 22.0. The second-order valence-electron chi connectivity index (χ2n) is 7.82. The van der Waals surface area contributed by atoms with Gasteiger partial charge in [-0.15, -0.1) is 12.4 Å². The molecule has 4 rings (SSSR count). The summed E-state index contributed by atoms with van der Waals surface area (Å²) in [6.07, 6.45) is 2.02. The Labute approximate surface area is 182 Å². The van der Waals surface area contributed by atoms with E-state index in [9.17, 15) is 4.79 Å². The molecule has 3 aromatic rings. The van der Waals surface area contributed by atoms with Crippen molar-refractivity contribution in [2.45, 2.75) is 39.5 Å². The van der Waals surface area contributed by atoms with E-state index < -0.39 is 0 Å². The van der Waals surface area contributed by atoms with Crippen LogP contribution >= 0.6 is 12.4 Å². The number of hydrogen-bond acceptors (Lipinski definition) is 5. The summed E-state index contributed by atoms with van der Waals surface area (Å²) in [7, 11) is 1.80. The maximum atomic E-state index is 12.8. The fourth-order valence-corrected chi connectivity index (χ4v) is 3.85. The fraction of sp³-hybridized carbons (Fsp3) is 0.429. The van der Waals surface area contributed by atoms with Crippen molar-refractivity contribution in [3.05, 3.63) is 52.6 Å². The number of amides is 1. The first-order chi connectivity index (χ1) is 13.9. The molecule has 1 aromatic carbocycles. The average Bonchev–Trinajstić information content (AvgIpc) is 3.25. The highest BCUT2D eigenvalue weighted by Gasteiger charge is 2.22. The van der Waals surface area contributed by atoms with Crippen molar-refractivity contribution >= 4 is 24.3 Å². The number of rotatable bonds is 4. The first-order valence-corrected chi connectivity index (χ1v) is 9.99. The van der Waals surface area contributed by atoms with Gasteiger partial charge in [0.25, 0.3) is 5.91 Å². The molecule has 1 amide bonds. The standard InChI is InChI=1S/C21H27N7O.ClH/c1-13-9-14(2)11-17(10-13)28-15(3)12-18(25-28)20(29)24-21-23-19(26-27(21)4)16-5-7-22-8-6-16;/h9-12,16,22H,5-8H2,1-4H3,(H,23,24,26,29);1H. The van der Waals surface area contributed by atoms with Crippen LogP contribution < -0.4 is 10.6 Å². The number of benzene rings is 1. The van der Waals surface area contributed by atoms with Crippen molar-refractivity contribution in [2.24, 2.45) is 7.05 Å². The molecule has 0 atom stereocenters. The number of hydrogen-bond donors (Lipinski definition) is 2. The zero-order valence-corrected chi connectivity index (χ0v) is 18.6. The van der Waals surface area contributed by atoms with Gasteiger partial charge in [-0.2, -0.15) is 15.2 Å². The zero-order chi connectivity index (χ0) is 20.5. The molecule has 3 heterocycles. The van der Waals surface area contributed by atoms with Crippen molar-refractivity contribution in [3.63, 3.8) is 0 Å². The molecule has 2 aromatic heterocycles. The monoisotopic (exact) mass is 429 g/mol. The molecule has 9 heteroatoms. The van der Waals surface area contributed by atoms with Gasteiger partial charge in [-0.05, 0) is 76.0 Å². The van der Waals surface area contributed by atoms with Crippen LogP contribution in [-0.4, -0.2) is 43.5 Å². The first-order valence-electron chi connectivity index (χ1n) is 9.99. The summed E-state index contributed by atoms with van der Waals surface area (Å²) in [6.45, 7) is 7.99. The van der Waals surface area contributed by atoms with Gasteiger partial charge in [-0.3, -0.25) is 10.1 Å². The van der Waals surface area contributed by atoms with E-state index in [1.165, 1.54) is 0 Å². The van der Waals surface area contributed by atoms with E-state index in [0.717, 1.165) is 54.3 Å². The van der Waals surface area contributed by atoms with Gasteiger partial charge in [0.15, 0.2) is 11.5 Å². The normalized spacial score (nSPS) is 14.4. The predicted octanol–water partition coefficient (Wildman–Crippen LogP) is 3.07. The van der Waals surface area contributed by atoms with E-state index in [0.29, 0.717) is 17.6 Å². The molecule has 0 spiro atoms. The summed E-state index contributed by atoms with van der Waals surface area (Å²) in [5.74, 6) is 1.28. The van der Waals surface area contributed by atoms with Crippen LogP contribution in [0.4, 0.5) is 5.95 Å². The lowest BCUT2D eigenvalue weighted by Gasteiger charge is -2.19. The van der Waals surface area contributed by atoms with Gasteiger partial charge in [0, 0.05) is 18.7 Å². The molecule has 1 saturated heterocycles. The Hall–Kier alpha value is -2.71. The van der Waals surface area contributed by atoms with Gasteiger partial charge in [-0.1, -0.05) is 6.07 Å². The molecule has 160 valence electrons. The Kier molecular flexibility index (Phi) is 6.58. The Bertz CT molecular complexity index is 1030. The lowest BCUT2D eigenvalue weighted by atomic mass is 9.98. The highest BCUT2D eigenvalue weighted by molar-refractivity contribution is 6.02. The third kappa shape index (κ3) is 4.55. The lowest BCUT2D eigenvalue weighted by Crippen LogP contribution is -2.27. The summed E-state index contributed by atoms with van der Waals surface area (Å²) < 4.78 is 3.43. The van der Waals surface area contributed by atoms with Crippen molar-refractivity contribution in [1.29, 1.82) is 0 Å². The third-order valence-corrected chi connectivity index (χ3v) is 5.28. The number of aromatic nitrogens is 5. The van der Waals surface area contributed by atoms with Crippen LogP contribution in [0.25, 0.3) is 5.69 Å². The van der Waals surface area contributed by atoms with Crippen LogP contribution in [0, 0.1) is 20.8 Å². The molecular weight excluding hydrogens is 402 g/mol. The molecule has 0 bridgehead atoms. The van der Waals surface area contributed by atoms with Crippen LogP contribution in [0.2, 0.25) is 0 Å². The number of carbonyl (C=O) groups excluding carboxylic acids is 1. The SMILES string of the molecule is Cc1cc(C)cc(-n2nc(C(=O)Nc3nc(C4CCNCC4)nn3C)cc2C)c1.Cl. The van der Waals surface area contributed by atoms with E-state index >= 15 is 0 Å². The summed E-state index contributed by atoms with van der Waals surface area (Å²) in [5, 5.41) is 15.2. The van der Waals surface area contributed by atoms with Crippen LogP contribution in [0.15, 0.2) is 24.3 Å². The Morgan fingerprint density at radius 2 is 1.73 bits per heavy atom. The van der Waals surface area contributed by atoms with E-state index in [2.05, 4.69) is 57.9 Å². The molecule has 0 unspecified atom stereocenters. The van der Waals surface area contributed by atoms with E-state index in [-0.39, 0.29) is 18.3 Å². The predicted molar refractivity (Wildman–Crippen MR) is 119 cm³/mol. The minimum absolute atomic E-state index is 0. The highest BCUT2D eigenvalue weighted by atomic mass is 35.5. The van der Waals surface area contributed by atoms with Gasteiger partial charge in [0.2, 0.25) is 5.95 Å². The highest BCUT2D eigenvalue weighted by Crippen LogP contribution is 2.23. The molecular formula is C21H28ClN7O. The van der Waals surface area contributed by atoms with Crippen LogP contribution in [0.5, 0.6) is 0 Å². The minimum atomic E-state index is -0.288. The van der Waals surface area contributed by atoms with Crippen molar-refractivity contribution < 1.29 is 4.79 Å². The molecule has 0 saturated carbocycles. The third-order valence-electron chi connectivity index (χ3n) is 5.28. The van der Waals surface area contributed by atoms with E-state index in [4.69, 9.17) is 0 Å². The topological polar surface area (TPSA) is 89.7 Å². The smallest absolute Gasteiger partial charge is 0.278 e. The minimum Gasteiger partial charge on any atom is -0.317 e. The summed E-state index contributed by atoms with van der Waals surface area (Å²) in [5.41, 5.74) is 4.52. The molecule has 30 heavy (non-hydrogen) atoms. The molecule has 1 aliphatic heterocycles. The number of aryl methyl sites for hydroxylation is 4. The quantitative estimate of drug-likeness (QED) is 0.665. The molecule has 0 radical (unpaired) electrons. The van der Waals surface area contributed by atoms with Crippen LogP contribution in [0.1, 0.15) is 51.9 Å². The Morgan fingerprint density at radius 3 is 2.40 bits per heavy atom. The van der Waals surface area contributed by atoms with Gasteiger partial charge in [0.05, 0.1) is 5.69 Å². The fourth-order valence-electron chi connectivity index (χ4n) is 3.85. The number of carbonyl (C=O) groups is 1. The molecule has 1 aliphatic rings. The Balaban J connectivity index is 0.00000256. The van der Waals surface area contributed by atoms with Crippen LogP contribution in [-0.2, 0) is 7.05 Å². The maximum absolute atomic E-state index is 12.8. The van der Waals surface area contributed by atoms with E-state index in [1.54, 1.807) is 22.5 Å². The van der Waals surface area contributed by atoms with Crippen LogP contribution in [0.3, 0.4) is 0 Å². The largest absolute Gasteiger partial charge is 0.317 e. The van der Waals surface area contributed by atoms with Gasteiger partial charge in [0.1, 0.15) is 0 Å². The van der Waals surface area contributed by atoms with Gasteiger partial charge in [-0.25, -0.2) is 9.36 Å². The molecule has 8 nitrogen and oxygen atoms in total. The molecule has 0 aliphatic carbocycles. The zero-order valence-electron chi connectivity index (χ0n) is 17.8. The number of piperidine rings is 1. The lowest BCUT2D eigenvalue weighted by molar-refractivity contribution is 0.102. The number of nitrogens with zero attached hydrogens (tertiary/aromatic N) is 5. The second-order valence-corrected chi connectivity index (χ2v) is 7.82. The number of anilines is 1. The number of halogens is 1. The Morgan fingerprint density at radius 1 is 1.07 bits per heavy atom. The summed E-state index contributed by atoms with van der Waals surface area (Å²) >= 11 is 0. The average molecular weight is 430 g/mol. The van der Waals surface area contributed by atoms with Crippen molar-refractivity contribution in [2.75, 3.05) is 18.4 Å². The number of nitrogens with one attached hydrogen (secondary N) is 2. The van der Waals surface area contributed by atoms with Gasteiger partial charge >= 0.3 is 0 Å². The second kappa shape index (κ2) is 8.97. The van der Waals surface area contributed by atoms with Gasteiger partial charge < -0.3 is 5.32 Å². The van der Waals surface area contributed by atoms with Crippen molar-refractivity contribution in [3.8, 4) is 5.69 Å². The summed E-state index contributed by atoms with van der Waals surface area (Å²) in [6, 6.07) is 8.02. The summed E-state index contributed by atoms with van der Waals surface area (Å²) in [4.78, 5) is 17.4. The maximum Gasteiger partial charge on any atom is 0.278 e.